The van der Waals surface area contributed by atoms with Gasteiger partial charge in [-0.25, -0.2) is 0 Å². The summed E-state index contributed by atoms with van der Waals surface area (Å²) in [7, 11) is 1.40. The molecule has 5 nitrogen and oxygen atoms in total. The van der Waals surface area contributed by atoms with Gasteiger partial charge in [0.2, 0.25) is 0 Å². The first-order valence-electron chi connectivity index (χ1n) is 9.68. The summed E-state index contributed by atoms with van der Waals surface area (Å²) in [4.78, 5) is 0. The average Bonchev–Trinajstić information content (AvgIpc) is 2.61. The zero-order chi connectivity index (χ0) is 20.2. The van der Waals surface area contributed by atoms with Crippen LogP contribution in [0.1, 0.15) is 39.7 Å². The molecule has 0 radical (unpaired) electrons. The minimum absolute atomic E-state index is 0.0741. The van der Waals surface area contributed by atoms with Crippen molar-refractivity contribution in [2.75, 3.05) is 14.2 Å². The van der Waals surface area contributed by atoms with Crippen LogP contribution in [0.5, 0.6) is 5.75 Å². The summed E-state index contributed by atoms with van der Waals surface area (Å²) in [5, 5.41) is 0.130. The van der Waals surface area contributed by atoms with Gasteiger partial charge in [-0.1, -0.05) is 32.9 Å². The topological polar surface area (TPSA) is 46.2 Å². The Labute approximate surface area is 165 Å². The van der Waals surface area contributed by atoms with Gasteiger partial charge in [0, 0.05) is 13.5 Å². The molecule has 1 aliphatic heterocycles. The third-order valence-electron chi connectivity index (χ3n) is 5.74. The van der Waals surface area contributed by atoms with E-state index in [2.05, 4.69) is 33.9 Å². The highest BCUT2D eigenvalue weighted by atomic mass is 28.4. The predicted octanol–water partition coefficient (Wildman–Crippen LogP) is 4.75. The lowest BCUT2D eigenvalue weighted by Gasteiger charge is -2.46. The van der Waals surface area contributed by atoms with Gasteiger partial charge in [0.05, 0.1) is 32.0 Å². The maximum atomic E-state index is 6.70. The normalized spacial score (nSPS) is 26.8. The fourth-order valence-electron chi connectivity index (χ4n) is 2.93. The summed E-state index contributed by atoms with van der Waals surface area (Å²) >= 11 is 0. The van der Waals surface area contributed by atoms with Gasteiger partial charge in [0.1, 0.15) is 5.75 Å². The van der Waals surface area contributed by atoms with E-state index in [9.17, 15) is 0 Å². The van der Waals surface area contributed by atoms with E-state index in [1.54, 1.807) is 14.2 Å². The summed E-state index contributed by atoms with van der Waals surface area (Å²) in [6.45, 7) is 13.9. The second-order valence-electron chi connectivity index (χ2n) is 8.78. The molecule has 6 heteroatoms. The third-order valence-corrected chi connectivity index (χ3v) is 10.2. The lowest BCUT2D eigenvalue weighted by atomic mass is 10.0. The maximum absolute atomic E-state index is 6.70. The lowest BCUT2D eigenvalue weighted by molar-refractivity contribution is -0.244. The summed E-state index contributed by atoms with van der Waals surface area (Å²) in [6.07, 6.45) is 0.139. The Morgan fingerprint density at radius 1 is 1.11 bits per heavy atom. The molecule has 154 valence electrons. The van der Waals surface area contributed by atoms with Crippen LogP contribution in [0.15, 0.2) is 24.3 Å². The van der Waals surface area contributed by atoms with E-state index in [4.69, 9.17) is 23.4 Å². The molecule has 0 aromatic heterocycles. The van der Waals surface area contributed by atoms with Gasteiger partial charge in [-0.05, 0) is 42.8 Å². The number of benzene rings is 1. The molecule has 1 fully saturated rings. The van der Waals surface area contributed by atoms with E-state index in [0.717, 1.165) is 11.3 Å². The maximum Gasteiger partial charge on any atom is 0.192 e. The molecule has 0 spiro atoms. The Morgan fingerprint density at radius 2 is 1.74 bits per heavy atom. The number of ether oxygens (including phenoxy) is 4. The van der Waals surface area contributed by atoms with Crippen LogP contribution in [0.25, 0.3) is 0 Å². The van der Waals surface area contributed by atoms with Gasteiger partial charge in [-0.15, -0.1) is 0 Å². The van der Waals surface area contributed by atoms with Gasteiger partial charge in [0.25, 0.3) is 0 Å². The van der Waals surface area contributed by atoms with E-state index in [1.165, 1.54) is 0 Å². The molecule has 4 atom stereocenters. The lowest BCUT2D eigenvalue weighted by Crippen LogP contribution is -2.56. The summed E-state index contributed by atoms with van der Waals surface area (Å²) < 4.78 is 29.7. The van der Waals surface area contributed by atoms with E-state index in [0.29, 0.717) is 13.0 Å². The fraction of sp³-hybridized carbons (Fsp3) is 0.714. The van der Waals surface area contributed by atoms with Crippen molar-refractivity contribution in [3.05, 3.63) is 29.8 Å². The molecule has 1 saturated heterocycles. The van der Waals surface area contributed by atoms with Crippen molar-refractivity contribution >= 4 is 8.32 Å². The molecule has 0 unspecified atom stereocenters. The number of hydrogen-bond acceptors (Lipinski definition) is 5. The third kappa shape index (κ3) is 5.78. The standard InChI is InChI=1S/C21H36O5Si/c1-15-20(26-27(7,8)21(2,3)4)18(13-19(23-6)25-15)24-14-16-9-11-17(22-5)12-10-16/h9-12,15,18-20H,13-14H2,1-8H3/t15-,18-,19-,20+/m0/s1. The largest absolute Gasteiger partial charge is 0.497 e. The van der Waals surface area contributed by atoms with Crippen molar-refractivity contribution in [1.29, 1.82) is 0 Å². The van der Waals surface area contributed by atoms with Crippen LogP contribution in [-0.2, 0) is 25.2 Å². The summed E-state index contributed by atoms with van der Waals surface area (Å²) in [5.74, 6) is 0.844. The molecule has 0 aliphatic carbocycles. The quantitative estimate of drug-likeness (QED) is 0.622. The molecule has 0 amide bonds. The monoisotopic (exact) mass is 396 g/mol. The van der Waals surface area contributed by atoms with Crippen LogP contribution in [-0.4, -0.2) is 47.1 Å². The van der Waals surface area contributed by atoms with Crippen molar-refractivity contribution < 1.29 is 23.4 Å². The smallest absolute Gasteiger partial charge is 0.192 e. The first-order valence-corrected chi connectivity index (χ1v) is 12.6. The minimum atomic E-state index is -1.95. The molecule has 0 bridgehead atoms. The Hall–Kier alpha value is -0.923. The van der Waals surface area contributed by atoms with Crippen LogP contribution in [0.4, 0.5) is 0 Å². The molecule has 1 aromatic rings. The van der Waals surface area contributed by atoms with Crippen molar-refractivity contribution in [1.82, 2.24) is 0 Å². The van der Waals surface area contributed by atoms with Gasteiger partial charge < -0.3 is 23.4 Å². The molecule has 1 aliphatic rings. The van der Waals surface area contributed by atoms with E-state index in [1.807, 2.05) is 31.2 Å². The van der Waals surface area contributed by atoms with E-state index >= 15 is 0 Å². The molecule has 1 aromatic carbocycles. The highest BCUT2D eigenvalue weighted by molar-refractivity contribution is 6.74. The molecular formula is C21H36O5Si. The predicted molar refractivity (Wildman–Crippen MR) is 110 cm³/mol. The first kappa shape index (κ1) is 22.4. The van der Waals surface area contributed by atoms with E-state index in [-0.39, 0.29) is 29.6 Å². The Kier molecular flexibility index (Phi) is 7.50. The van der Waals surface area contributed by atoms with Gasteiger partial charge in [-0.2, -0.15) is 0 Å². The highest BCUT2D eigenvalue weighted by Gasteiger charge is 2.45. The number of rotatable bonds is 7. The van der Waals surface area contributed by atoms with Crippen molar-refractivity contribution in [3.63, 3.8) is 0 Å². The molecule has 0 saturated carbocycles. The Bertz CT molecular complexity index is 581. The van der Waals surface area contributed by atoms with Crippen molar-refractivity contribution in [2.45, 2.75) is 83.5 Å². The van der Waals surface area contributed by atoms with E-state index < -0.39 is 8.32 Å². The Balaban J connectivity index is 2.11. The van der Waals surface area contributed by atoms with Crippen molar-refractivity contribution in [3.8, 4) is 5.75 Å². The molecule has 1 heterocycles. The molecule has 0 N–H and O–H groups in total. The summed E-state index contributed by atoms with van der Waals surface area (Å²) in [5.41, 5.74) is 1.11. The van der Waals surface area contributed by atoms with Crippen LogP contribution in [0.2, 0.25) is 18.1 Å². The van der Waals surface area contributed by atoms with Crippen LogP contribution in [0, 0.1) is 0 Å². The molecular weight excluding hydrogens is 360 g/mol. The summed E-state index contributed by atoms with van der Waals surface area (Å²) in [6, 6.07) is 7.96. The van der Waals surface area contributed by atoms with Gasteiger partial charge >= 0.3 is 0 Å². The van der Waals surface area contributed by atoms with Crippen molar-refractivity contribution in [2.24, 2.45) is 0 Å². The van der Waals surface area contributed by atoms with Gasteiger partial charge in [-0.3, -0.25) is 0 Å². The van der Waals surface area contributed by atoms with Crippen LogP contribution in [0.3, 0.4) is 0 Å². The second kappa shape index (κ2) is 9.05. The zero-order valence-corrected chi connectivity index (χ0v) is 19.1. The molecule has 27 heavy (non-hydrogen) atoms. The first-order chi connectivity index (χ1) is 12.6. The van der Waals surface area contributed by atoms with Crippen LogP contribution < -0.4 is 4.74 Å². The minimum Gasteiger partial charge on any atom is -0.497 e. The zero-order valence-electron chi connectivity index (χ0n) is 18.1. The SMILES string of the molecule is COc1ccc(CO[C@H]2C[C@@H](OC)O[C@@H](C)[C@H]2O[Si](C)(C)C(C)(C)C)cc1. The van der Waals surface area contributed by atoms with Crippen LogP contribution >= 0.6 is 0 Å². The number of methoxy groups -OCH3 is 2. The molecule has 2 rings (SSSR count). The second-order valence-corrected chi connectivity index (χ2v) is 13.5. The number of hydrogen-bond donors (Lipinski definition) is 0. The average molecular weight is 397 g/mol. The fourth-order valence-corrected chi connectivity index (χ4v) is 4.30. The highest BCUT2D eigenvalue weighted by Crippen LogP contribution is 2.40. The Morgan fingerprint density at radius 3 is 2.26 bits per heavy atom. The van der Waals surface area contributed by atoms with Gasteiger partial charge in [0.15, 0.2) is 14.6 Å².